The average Bonchev–Trinajstić information content (AvgIpc) is 2.26. The molecule has 1 aliphatic heterocycles. The molecule has 1 saturated heterocycles. The van der Waals surface area contributed by atoms with Crippen molar-refractivity contribution >= 4 is 5.91 Å². The quantitative estimate of drug-likeness (QED) is 0.714. The normalized spacial score (nSPS) is 27.3. The van der Waals surface area contributed by atoms with Gasteiger partial charge in [-0.05, 0) is 31.7 Å². The number of piperidine rings is 1. The van der Waals surface area contributed by atoms with Crippen molar-refractivity contribution in [3.63, 3.8) is 0 Å². The lowest BCUT2D eigenvalue weighted by molar-refractivity contribution is -0.124. The van der Waals surface area contributed by atoms with Crippen molar-refractivity contribution in [2.75, 3.05) is 13.1 Å². The first-order valence-electron chi connectivity index (χ1n) is 5.79. The predicted octanol–water partition coefficient (Wildman–Crippen LogP) is 1.29. The molecular formula is C11H22N2O. The van der Waals surface area contributed by atoms with Gasteiger partial charge in [-0.2, -0.15) is 0 Å². The average molecular weight is 198 g/mol. The molecule has 0 aromatic rings. The van der Waals surface area contributed by atoms with E-state index in [2.05, 4.69) is 24.5 Å². The van der Waals surface area contributed by atoms with Crippen molar-refractivity contribution in [2.24, 2.45) is 5.92 Å². The van der Waals surface area contributed by atoms with Gasteiger partial charge in [0.25, 0.3) is 0 Å². The summed E-state index contributed by atoms with van der Waals surface area (Å²) < 4.78 is 0. The van der Waals surface area contributed by atoms with Gasteiger partial charge in [-0.3, -0.25) is 4.79 Å². The highest BCUT2D eigenvalue weighted by Gasteiger charge is 2.25. The van der Waals surface area contributed by atoms with Gasteiger partial charge in [0.05, 0.1) is 6.04 Å². The number of amides is 1. The standard InChI is InChI=1S/C11H22N2O/c1-3-6-13-11(14)10-8-9(4-2)5-7-12-10/h9-10,12H,3-8H2,1-2H3,(H,13,14). The molecular weight excluding hydrogens is 176 g/mol. The zero-order valence-corrected chi connectivity index (χ0v) is 9.31. The number of rotatable bonds is 4. The highest BCUT2D eigenvalue weighted by atomic mass is 16.2. The van der Waals surface area contributed by atoms with Crippen LogP contribution >= 0.6 is 0 Å². The van der Waals surface area contributed by atoms with Gasteiger partial charge in [0.2, 0.25) is 5.91 Å². The van der Waals surface area contributed by atoms with Crippen molar-refractivity contribution in [3.05, 3.63) is 0 Å². The summed E-state index contributed by atoms with van der Waals surface area (Å²) in [6.45, 7) is 6.07. The fourth-order valence-electron chi connectivity index (χ4n) is 1.94. The Morgan fingerprint density at radius 2 is 2.29 bits per heavy atom. The molecule has 0 saturated carbocycles. The fourth-order valence-corrected chi connectivity index (χ4v) is 1.94. The summed E-state index contributed by atoms with van der Waals surface area (Å²) in [4.78, 5) is 11.6. The number of carbonyl (C=O) groups excluding carboxylic acids is 1. The lowest BCUT2D eigenvalue weighted by atomic mass is 9.90. The highest BCUT2D eigenvalue weighted by Crippen LogP contribution is 2.19. The van der Waals surface area contributed by atoms with E-state index in [1.54, 1.807) is 0 Å². The van der Waals surface area contributed by atoms with Crippen LogP contribution in [0.2, 0.25) is 0 Å². The lowest BCUT2D eigenvalue weighted by Gasteiger charge is -2.28. The summed E-state index contributed by atoms with van der Waals surface area (Å²) in [5.41, 5.74) is 0. The second-order valence-electron chi connectivity index (χ2n) is 4.10. The van der Waals surface area contributed by atoms with Crippen molar-refractivity contribution in [1.82, 2.24) is 10.6 Å². The first-order valence-corrected chi connectivity index (χ1v) is 5.79. The van der Waals surface area contributed by atoms with E-state index in [0.29, 0.717) is 0 Å². The van der Waals surface area contributed by atoms with Gasteiger partial charge in [0.1, 0.15) is 0 Å². The molecule has 1 heterocycles. The Labute approximate surface area is 86.6 Å². The minimum absolute atomic E-state index is 0.0558. The third-order valence-electron chi connectivity index (χ3n) is 2.96. The summed E-state index contributed by atoms with van der Waals surface area (Å²) in [5.74, 6) is 0.915. The van der Waals surface area contributed by atoms with Gasteiger partial charge < -0.3 is 10.6 Å². The Morgan fingerprint density at radius 1 is 1.50 bits per heavy atom. The van der Waals surface area contributed by atoms with E-state index >= 15 is 0 Å². The fraction of sp³-hybridized carbons (Fsp3) is 0.909. The van der Waals surface area contributed by atoms with Crippen molar-refractivity contribution in [3.8, 4) is 0 Å². The van der Waals surface area contributed by atoms with Crippen molar-refractivity contribution in [1.29, 1.82) is 0 Å². The van der Waals surface area contributed by atoms with Crippen LogP contribution in [0.1, 0.15) is 39.5 Å². The lowest BCUT2D eigenvalue weighted by Crippen LogP contribution is -2.48. The second kappa shape index (κ2) is 6.02. The third kappa shape index (κ3) is 3.29. The minimum atomic E-state index is 0.0558. The van der Waals surface area contributed by atoms with Gasteiger partial charge in [0.15, 0.2) is 0 Å². The molecule has 82 valence electrons. The molecule has 0 radical (unpaired) electrons. The summed E-state index contributed by atoms with van der Waals surface area (Å²) in [6, 6.07) is 0.0558. The zero-order valence-electron chi connectivity index (χ0n) is 9.31. The molecule has 14 heavy (non-hydrogen) atoms. The molecule has 3 nitrogen and oxygen atoms in total. The van der Waals surface area contributed by atoms with Crippen LogP contribution in [0.4, 0.5) is 0 Å². The maximum absolute atomic E-state index is 11.6. The molecule has 0 bridgehead atoms. The van der Waals surface area contributed by atoms with Crippen molar-refractivity contribution in [2.45, 2.75) is 45.6 Å². The van der Waals surface area contributed by atoms with Gasteiger partial charge in [0, 0.05) is 6.54 Å². The number of hydrogen-bond acceptors (Lipinski definition) is 2. The molecule has 2 N–H and O–H groups in total. The monoisotopic (exact) mass is 198 g/mol. The van der Waals surface area contributed by atoms with Crippen molar-refractivity contribution < 1.29 is 4.79 Å². The molecule has 2 unspecified atom stereocenters. The van der Waals surface area contributed by atoms with E-state index in [-0.39, 0.29) is 11.9 Å². The van der Waals surface area contributed by atoms with Crippen LogP contribution in [-0.2, 0) is 4.79 Å². The van der Waals surface area contributed by atoms with Gasteiger partial charge in [-0.1, -0.05) is 20.3 Å². The van der Waals surface area contributed by atoms with Crippen LogP contribution in [0.25, 0.3) is 0 Å². The van der Waals surface area contributed by atoms with Gasteiger partial charge in [-0.25, -0.2) is 0 Å². The number of hydrogen-bond donors (Lipinski definition) is 2. The number of nitrogens with one attached hydrogen (secondary N) is 2. The molecule has 0 spiro atoms. The molecule has 0 aromatic carbocycles. The topological polar surface area (TPSA) is 41.1 Å². The maximum Gasteiger partial charge on any atom is 0.237 e. The molecule has 0 aromatic heterocycles. The molecule has 1 aliphatic rings. The van der Waals surface area contributed by atoms with Crippen LogP contribution in [-0.4, -0.2) is 25.0 Å². The van der Waals surface area contributed by atoms with E-state index in [4.69, 9.17) is 0 Å². The van der Waals surface area contributed by atoms with Crippen LogP contribution < -0.4 is 10.6 Å². The molecule has 1 amide bonds. The maximum atomic E-state index is 11.6. The van der Waals surface area contributed by atoms with Crippen LogP contribution in [0, 0.1) is 5.92 Å². The zero-order chi connectivity index (χ0) is 10.4. The summed E-state index contributed by atoms with van der Waals surface area (Å²) in [6.07, 6.45) is 4.43. The Hall–Kier alpha value is -0.570. The molecule has 3 heteroatoms. The summed E-state index contributed by atoms with van der Waals surface area (Å²) in [7, 11) is 0. The highest BCUT2D eigenvalue weighted by molar-refractivity contribution is 5.81. The van der Waals surface area contributed by atoms with E-state index in [1.807, 2.05) is 0 Å². The molecule has 2 atom stereocenters. The molecule has 0 aliphatic carbocycles. The van der Waals surface area contributed by atoms with Gasteiger partial charge >= 0.3 is 0 Å². The SMILES string of the molecule is CCCNC(=O)C1CC(CC)CCN1. The minimum Gasteiger partial charge on any atom is -0.355 e. The van der Waals surface area contributed by atoms with E-state index < -0.39 is 0 Å². The summed E-state index contributed by atoms with van der Waals surface area (Å²) in [5, 5.41) is 6.23. The van der Waals surface area contributed by atoms with E-state index in [0.717, 1.165) is 31.8 Å². The molecule has 1 fully saturated rings. The number of carbonyl (C=O) groups is 1. The van der Waals surface area contributed by atoms with Gasteiger partial charge in [-0.15, -0.1) is 0 Å². The van der Waals surface area contributed by atoms with Crippen LogP contribution in [0.5, 0.6) is 0 Å². The second-order valence-corrected chi connectivity index (χ2v) is 4.10. The first-order chi connectivity index (χ1) is 6.77. The third-order valence-corrected chi connectivity index (χ3v) is 2.96. The summed E-state index contributed by atoms with van der Waals surface area (Å²) >= 11 is 0. The first kappa shape index (κ1) is 11.5. The molecule has 1 rings (SSSR count). The predicted molar refractivity (Wildman–Crippen MR) is 58.1 cm³/mol. The Kier molecular flexibility index (Phi) is 4.94. The largest absolute Gasteiger partial charge is 0.355 e. The van der Waals surface area contributed by atoms with E-state index in [1.165, 1.54) is 12.8 Å². The van der Waals surface area contributed by atoms with Crippen LogP contribution in [0.3, 0.4) is 0 Å². The smallest absolute Gasteiger partial charge is 0.237 e. The van der Waals surface area contributed by atoms with E-state index in [9.17, 15) is 4.79 Å². The Balaban J connectivity index is 2.31. The Bertz CT molecular complexity index is 182. The van der Waals surface area contributed by atoms with Crippen LogP contribution in [0.15, 0.2) is 0 Å². The Morgan fingerprint density at radius 3 is 2.93 bits per heavy atom.